The molecule has 0 fully saturated rings. The van der Waals surface area contributed by atoms with Crippen molar-refractivity contribution in [3.05, 3.63) is 75.3 Å². The maximum Gasteiger partial charge on any atom is 0.288 e. The summed E-state index contributed by atoms with van der Waals surface area (Å²) in [5.74, 6) is -1.64. The second-order valence-corrected chi connectivity index (χ2v) is 10.0. The first-order chi connectivity index (χ1) is 17.2. The van der Waals surface area contributed by atoms with Crippen LogP contribution >= 0.6 is 0 Å². The summed E-state index contributed by atoms with van der Waals surface area (Å²) >= 11 is 0. The molecule has 0 aliphatic rings. The van der Waals surface area contributed by atoms with Crippen LogP contribution in [0.15, 0.2) is 18.2 Å². The standard InChI is InChI=1S/C25H24N4O8/c1-10(2)15-9-16(26(30)31)13-7-8-14-20-19(13)21(15)24(28(34)35)17(11(3)4)22(20)25(29(36)37)18(12(5)6)23(14)27(32)33/h7-12H,1-6H3. The summed E-state index contributed by atoms with van der Waals surface area (Å²) in [5, 5.41) is 49.9. The largest absolute Gasteiger partial charge is 0.288 e. The highest BCUT2D eigenvalue weighted by Crippen LogP contribution is 2.55. The first-order valence-corrected chi connectivity index (χ1v) is 11.7. The SMILES string of the molecule is CC(C)c1c([N+](=O)[O-])c2ccc3c([N+](=O)[O-])cc(C(C)C)c4c([N+](=O)[O-])c(C(C)C)c(c1[N+](=O)[O-])c2c34. The summed E-state index contributed by atoms with van der Waals surface area (Å²) in [5.41, 5.74) is -1.49. The Morgan fingerprint density at radius 2 is 1.00 bits per heavy atom. The summed E-state index contributed by atoms with van der Waals surface area (Å²) in [4.78, 5) is 47.0. The summed E-state index contributed by atoms with van der Waals surface area (Å²) in [6.45, 7) is 9.95. The number of non-ortho nitro benzene ring substituents is 1. The van der Waals surface area contributed by atoms with E-state index < -0.39 is 48.8 Å². The van der Waals surface area contributed by atoms with Gasteiger partial charge in [-0.25, -0.2) is 0 Å². The average molecular weight is 508 g/mol. The number of hydrogen-bond acceptors (Lipinski definition) is 8. The van der Waals surface area contributed by atoms with Gasteiger partial charge in [-0.1, -0.05) is 41.5 Å². The van der Waals surface area contributed by atoms with E-state index in [-0.39, 0.29) is 54.8 Å². The van der Waals surface area contributed by atoms with Crippen molar-refractivity contribution < 1.29 is 19.7 Å². The van der Waals surface area contributed by atoms with Crippen LogP contribution in [0, 0.1) is 40.5 Å². The highest BCUT2D eigenvalue weighted by molar-refractivity contribution is 6.32. The summed E-state index contributed by atoms with van der Waals surface area (Å²) < 4.78 is 0. The summed E-state index contributed by atoms with van der Waals surface area (Å²) in [6, 6.07) is 4.00. The minimum Gasteiger partial charge on any atom is -0.258 e. The van der Waals surface area contributed by atoms with Gasteiger partial charge in [0.25, 0.3) is 22.7 Å². The van der Waals surface area contributed by atoms with Crippen molar-refractivity contribution in [2.45, 2.75) is 59.3 Å². The molecular weight excluding hydrogens is 484 g/mol. The molecule has 0 aliphatic heterocycles. The minimum absolute atomic E-state index is 0.0289. The van der Waals surface area contributed by atoms with Gasteiger partial charge in [0.05, 0.1) is 41.2 Å². The van der Waals surface area contributed by atoms with Gasteiger partial charge >= 0.3 is 0 Å². The number of nitro groups is 4. The van der Waals surface area contributed by atoms with Crippen molar-refractivity contribution in [1.29, 1.82) is 0 Å². The third-order valence-electron chi connectivity index (χ3n) is 6.85. The van der Waals surface area contributed by atoms with Gasteiger partial charge in [0.1, 0.15) is 5.56 Å². The van der Waals surface area contributed by atoms with Crippen LogP contribution in [0.4, 0.5) is 22.7 Å². The van der Waals surface area contributed by atoms with E-state index >= 15 is 0 Å². The van der Waals surface area contributed by atoms with E-state index in [0.717, 1.165) is 0 Å². The van der Waals surface area contributed by atoms with E-state index in [1.807, 2.05) is 0 Å². The molecule has 0 bridgehead atoms. The Kier molecular flexibility index (Phi) is 5.93. The van der Waals surface area contributed by atoms with Gasteiger partial charge in [-0.3, -0.25) is 40.5 Å². The second-order valence-electron chi connectivity index (χ2n) is 10.0. The maximum atomic E-state index is 12.6. The first kappa shape index (κ1) is 25.6. The fourth-order valence-corrected chi connectivity index (χ4v) is 5.55. The third kappa shape index (κ3) is 3.51. The Bertz CT molecular complexity index is 1670. The second kappa shape index (κ2) is 8.57. The predicted molar refractivity (Wildman–Crippen MR) is 139 cm³/mol. The van der Waals surface area contributed by atoms with Gasteiger partial charge in [-0.05, 0) is 35.4 Å². The minimum atomic E-state index is -0.735. The Hall–Kier alpha value is -4.48. The smallest absolute Gasteiger partial charge is 0.258 e. The molecule has 0 amide bonds. The van der Waals surface area contributed by atoms with Crippen LogP contribution in [0.5, 0.6) is 0 Å². The molecule has 0 heterocycles. The van der Waals surface area contributed by atoms with E-state index in [0.29, 0.717) is 5.56 Å². The highest BCUT2D eigenvalue weighted by Gasteiger charge is 2.41. The molecule has 0 spiro atoms. The zero-order chi connectivity index (χ0) is 27.7. The lowest BCUT2D eigenvalue weighted by atomic mass is 9.79. The lowest BCUT2D eigenvalue weighted by molar-refractivity contribution is -0.393. The number of hydrogen-bond donors (Lipinski definition) is 0. The monoisotopic (exact) mass is 508 g/mol. The molecule has 0 atom stereocenters. The zero-order valence-corrected chi connectivity index (χ0v) is 21.0. The Balaban J connectivity index is 2.64. The van der Waals surface area contributed by atoms with E-state index in [1.165, 1.54) is 18.2 Å². The molecule has 4 aromatic rings. The molecule has 0 N–H and O–H groups in total. The molecule has 0 radical (unpaired) electrons. The fraction of sp³-hybridized carbons (Fsp3) is 0.360. The lowest BCUT2D eigenvalue weighted by Gasteiger charge is -2.22. The Labute approximate surface area is 209 Å². The molecule has 12 heteroatoms. The third-order valence-corrected chi connectivity index (χ3v) is 6.85. The molecule has 12 nitrogen and oxygen atoms in total. The lowest BCUT2D eigenvalue weighted by Crippen LogP contribution is -2.10. The number of benzene rings is 4. The van der Waals surface area contributed by atoms with Crippen LogP contribution in [-0.2, 0) is 0 Å². The van der Waals surface area contributed by atoms with Crippen molar-refractivity contribution in [3.63, 3.8) is 0 Å². The van der Waals surface area contributed by atoms with Gasteiger partial charge in [-0.15, -0.1) is 0 Å². The van der Waals surface area contributed by atoms with Crippen molar-refractivity contribution >= 4 is 55.1 Å². The van der Waals surface area contributed by atoms with Crippen molar-refractivity contribution in [2.24, 2.45) is 0 Å². The van der Waals surface area contributed by atoms with Crippen LogP contribution in [0.3, 0.4) is 0 Å². The van der Waals surface area contributed by atoms with E-state index in [2.05, 4.69) is 0 Å². The quantitative estimate of drug-likeness (QED) is 0.139. The molecule has 4 rings (SSSR count). The topological polar surface area (TPSA) is 173 Å². The normalized spacial score (nSPS) is 12.0. The van der Waals surface area contributed by atoms with Gasteiger partial charge in [-0.2, -0.15) is 0 Å². The first-order valence-electron chi connectivity index (χ1n) is 11.7. The molecule has 0 saturated heterocycles. The molecule has 0 aliphatic carbocycles. The van der Waals surface area contributed by atoms with E-state index in [9.17, 15) is 40.5 Å². The number of nitro benzene ring substituents is 4. The average Bonchev–Trinajstić information content (AvgIpc) is 2.79. The maximum absolute atomic E-state index is 12.6. The number of nitrogens with zero attached hydrogens (tertiary/aromatic N) is 4. The van der Waals surface area contributed by atoms with Gasteiger partial charge in [0.15, 0.2) is 0 Å². The van der Waals surface area contributed by atoms with Crippen LogP contribution in [0.1, 0.15) is 76.0 Å². The summed E-state index contributed by atoms with van der Waals surface area (Å²) in [7, 11) is 0. The van der Waals surface area contributed by atoms with Gasteiger partial charge in [0, 0.05) is 22.4 Å². The van der Waals surface area contributed by atoms with Crippen LogP contribution in [-0.4, -0.2) is 19.7 Å². The molecule has 0 saturated carbocycles. The highest BCUT2D eigenvalue weighted by atomic mass is 16.6. The predicted octanol–water partition coefficient (Wildman–Crippen LogP) is 7.59. The van der Waals surface area contributed by atoms with Crippen molar-refractivity contribution in [2.75, 3.05) is 0 Å². The molecule has 192 valence electrons. The number of rotatable bonds is 7. The van der Waals surface area contributed by atoms with E-state index in [1.54, 1.807) is 41.5 Å². The zero-order valence-electron chi connectivity index (χ0n) is 21.0. The summed E-state index contributed by atoms with van der Waals surface area (Å²) in [6.07, 6.45) is 0. The van der Waals surface area contributed by atoms with Crippen LogP contribution in [0.2, 0.25) is 0 Å². The fourth-order valence-electron chi connectivity index (χ4n) is 5.55. The van der Waals surface area contributed by atoms with Crippen molar-refractivity contribution in [1.82, 2.24) is 0 Å². The van der Waals surface area contributed by atoms with Gasteiger partial charge < -0.3 is 0 Å². The van der Waals surface area contributed by atoms with Crippen molar-refractivity contribution in [3.8, 4) is 0 Å². The molecule has 0 aromatic heterocycles. The Morgan fingerprint density at radius 3 is 1.43 bits per heavy atom. The molecular formula is C25H24N4O8. The molecule has 37 heavy (non-hydrogen) atoms. The van der Waals surface area contributed by atoms with Gasteiger partial charge in [0.2, 0.25) is 0 Å². The molecule has 4 aromatic carbocycles. The van der Waals surface area contributed by atoms with Crippen LogP contribution in [0.25, 0.3) is 32.3 Å². The Morgan fingerprint density at radius 1 is 0.541 bits per heavy atom. The van der Waals surface area contributed by atoms with E-state index in [4.69, 9.17) is 0 Å². The van der Waals surface area contributed by atoms with Crippen LogP contribution < -0.4 is 0 Å². The molecule has 0 unspecified atom stereocenters.